The van der Waals surface area contributed by atoms with Crippen LogP contribution in [-0.4, -0.2) is 14.2 Å². The highest BCUT2D eigenvalue weighted by atomic mass is 16.5. The van der Waals surface area contributed by atoms with Gasteiger partial charge in [0, 0.05) is 0 Å². The van der Waals surface area contributed by atoms with Gasteiger partial charge in [0.25, 0.3) is 0 Å². The average Bonchev–Trinajstić information content (AvgIpc) is 2.57. The van der Waals surface area contributed by atoms with Crippen molar-refractivity contribution in [1.82, 2.24) is 0 Å². The standard InChI is InChI=1S/C20H16O2/c1-21-19-5-3-13-7-16-10-18-12-20(22-2)6-4-14(18)8-15(16)9-17(13)11-19/h3-12H,1-2H3. The third-order valence-electron chi connectivity index (χ3n) is 4.17. The van der Waals surface area contributed by atoms with Crippen LogP contribution in [0.3, 0.4) is 0 Å². The summed E-state index contributed by atoms with van der Waals surface area (Å²) in [5, 5.41) is 7.29. The third-order valence-corrected chi connectivity index (χ3v) is 4.17. The number of ether oxygens (including phenoxy) is 2. The number of benzene rings is 4. The van der Waals surface area contributed by atoms with Crippen molar-refractivity contribution in [2.45, 2.75) is 0 Å². The summed E-state index contributed by atoms with van der Waals surface area (Å²) in [5.41, 5.74) is 0. The molecule has 0 bridgehead atoms. The van der Waals surface area contributed by atoms with Crippen LogP contribution in [0.15, 0.2) is 60.7 Å². The van der Waals surface area contributed by atoms with Crippen LogP contribution in [-0.2, 0) is 0 Å². The first kappa shape index (κ1) is 13.0. The van der Waals surface area contributed by atoms with E-state index < -0.39 is 0 Å². The lowest BCUT2D eigenvalue weighted by Crippen LogP contribution is -1.84. The highest BCUT2D eigenvalue weighted by Gasteiger charge is 2.03. The third kappa shape index (κ3) is 2.04. The van der Waals surface area contributed by atoms with Crippen LogP contribution in [0.4, 0.5) is 0 Å². The van der Waals surface area contributed by atoms with Gasteiger partial charge in [0.05, 0.1) is 14.2 Å². The van der Waals surface area contributed by atoms with Crippen molar-refractivity contribution in [2.24, 2.45) is 0 Å². The minimum absolute atomic E-state index is 0.886. The van der Waals surface area contributed by atoms with Gasteiger partial charge in [0.2, 0.25) is 0 Å². The average molecular weight is 288 g/mol. The van der Waals surface area contributed by atoms with E-state index in [4.69, 9.17) is 9.47 Å². The van der Waals surface area contributed by atoms with Crippen molar-refractivity contribution < 1.29 is 9.47 Å². The number of rotatable bonds is 2. The Morgan fingerprint density at radius 1 is 0.455 bits per heavy atom. The second-order valence-electron chi connectivity index (χ2n) is 5.48. The van der Waals surface area contributed by atoms with Crippen LogP contribution < -0.4 is 9.47 Å². The molecule has 0 heterocycles. The first-order chi connectivity index (χ1) is 10.8. The molecule has 0 aliphatic rings. The quantitative estimate of drug-likeness (QED) is 0.474. The molecule has 2 nitrogen and oxygen atoms in total. The van der Waals surface area contributed by atoms with Gasteiger partial charge in [-0.25, -0.2) is 0 Å². The predicted molar refractivity (Wildman–Crippen MR) is 92.1 cm³/mol. The number of methoxy groups -OCH3 is 2. The molecule has 0 aliphatic heterocycles. The van der Waals surface area contributed by atoms with Crippen molar-refractivity contribution in [3.8, 4) is 11.5 Å². The summed E-state index contributed by atoms with van der Waals surface area (Å²) in [6.45, 7) is 0. The molecule has 0 spiro atoms. The van der Waals surface area contributed by atoms with E-state index in [1.807, 2.05) is 12.1 Å². The Morgan fingerprint density at radius 2 is 0.818 bits per heavy atom. The molecule has 4 aromatic rings. The zero-order valence-corrected chi connectivity index (χ0v) is 12.6. The van der Waals surface area contributed by atoms with Crippen LogP contribution in [0.2, 0.25) is 0 Å². The number of fused-ring (bicyclic) bond motifs is 3. The summed E-state index contributed by atoms with van der Waals surface area (Å²) in [7, 11) is 3.40. The molecule has 22 heavy (non-hydrogen) atoms. The Bertz CT molecular complexity index is 919. The molecule has 0 atom stereocenters. The molecule has 108 valence electrons. The summed E-state index contributed by atoms with van der Waals surface area (Å²) >= 11 is 0. The number of hydrogen-bond acceptors (Lipinski definition) is 2. The van der Waals surface area contributed by atoms with Crippen molar-refractivity contribution >= 4 is 32.3 Å². The minimum atomic E-state index is 0.886. The van der Waals surface area contributed by atoms with Crippen LogP contribution in [0, 0.1) is 0 Å². The molecule has 0 saturated heterocycles. The van der Waals surface area contributed by atoms with Gasteiger partial charge in [0.15, 0.2) is 0 Å². The predicted octanol–water partition coefficient (Wildman–Crippen LogP) is 5.16. The first-order valence-corrected chi connectivity index (χ1v) is 7.26. The van der Waals surface area contributed by atoms with Gasteiger partial charge in [-0.05, 0) is 80.8 Å². The van der Waals surface area contributed by atoms with Gasteiger partial charge >= 0.3 is 0 Å². The van der Waals surface area contributed by atoms with Crippen LogP contribution in [0.1, 0.15) is 0 Å². The van der Waals surface area contributed by atoms with Gasteiger partial charge in [-0.15, -0.1) is 0 Å². The van der Waals surface area contributed by atoms with Gasteiger partial charge < -0.3 is 9.47 Å². The maximum atomic E-state index is 5.32. The van der Waals surface area contributed by atoms with Crippen LogP contribution >= 0.6 is 0 Å². The maximum absolute atomic E-state index is 5.32. The molecule has 0 N–H and O–H groups in total. The minimum Gasteiger partial charge on any atom is -0.497 e. The van der Waals surface area contributed by atoms with Crippen molar-refractivity contribution in [1.29, 1.82) is 0 Å². The second kappa shape index (κ2) is 4.92. The van der Waals surface area contributed by atoms with E-state index in [2.05, 4.69) is 48.5 Å². The lowest BCUT2D eigenvalue weighted by Gasteiger charge is -2.08. The van der Waals surface area contributed by atoms with Gasteiger partial charge in [-0.3, -0.25) is 0 Å². The highest BCUT2D eigenvalue weighted by molar-refractivity contribution is 6.05. The van der Waals surface area contributed by atoms with Crippen molar-refractivity contribution in [3.63, 3.8) is 0 Å². The van der Waals surface area contributed by atoms with E-state index in [9.17, 15) is 0 Å². The van der Waals surface area contributed by atoms with E-state index >= 15 is 0 Å². The Morgan fingerprint density at radius 3 is 1.23 bits per heavy atom. The van der Waals surface area contributed by atoms with Crippen molar-refractivity contribution in [3.05, 3.63) is 60.7 Å². The molecule has 0 saturated carbocycles. The fourth-order valence-electron chi connectivity index (χ4n) is 2.96. The zero-order chi connectivity index (χ0) is 15.1. The summed E-state index contributed by atoms with van der Waals surface area (Å²) < 4.78 is 10.6. The van der Waals surface area contributed by atoms with Crippen LogP contribution in [0.25, 0.3) is 32.3 Å². The summed E-state index contributed by atoms with van der Waals surface area (Å²) in [5.74, 6) is 1.77. The fourth-order valence-corrected chi connectivity index (χ4v) is 2.96. The van der Waals surface area contributed by atoms with Crippen molar-refractivity contribution in [2.75, 3.05) is 14.2 Å². The lowest BCUT2D eigenvalue weighted by molar-refractivity contribution is 0.415. The molecule has 4 aromatic carbocycles. The normalized spacial score (nSPS) is 11.2. The van der Waals surface area contributed by atoms with E-state index in [0.717, 1.165) is 11.5 Å². The molecule has 0 amide bonds. The molecular weight excluding hydrogens is 272 g/mol. The monoisotopic (exact) mass is 288 g/mol. The zero-order valence-electron chi connectivity index (χ0n) is 12.6. The highest BCUT2D eigenvalue weighted by Crippen LogP contribution is 2.30. The summed E-state index contributed by atoms with van der Waals surface area (Å²) in [4.78, 5) is 0. The molecule has 0 unspecified atom stereocenters. The molecule has 2 heteroatoms. The molecule has 0 aromatic heterocycles. The van der Waals surface area contributed by atoms with Gasteiger partial charge in [-0.1, -0.05) is 12.1 Å². The smallest absolute Gasteiger partial charge is 0.119 e. The molecular formula is C20H16O2. The van der Waals surface area contributed by atoms with Gasteiger partial charge in [0.1, 0.15) is 11.5 Å². The van der Waals surface area contributed by atoms with E-state index in [-0.39, 0.29) is 0 Å². The second-order valence-corrected chi connectivity index (χ2v) is 5.48. The lowest BCUT2D eigenvalue weighted by atomic mass is 9.99. The molecule has 0 fully saturated rings. The first-order valence-electron chi connectivity index (χ1n) is 7.26. The SMILES string of the molecule is COc1ccc2cc3cc4cc(OC)ccc4cc3cc2c1. The Balaban J connectivity index is 2.02. The van der Waals surface area contributed by atoms with Gasteiger partial charge in [-0.2, -0.15) is 0 Å². The summed E-state index contributed by atoms with van der Waals surface area (Å²) in [6, 6.07) is 21.2. The molecule has 0 aliphatic carbocycles. The van der Waals surface area contributed by atoms with E-state index in [1.165, 1.54) is 32.3 Å². The molecule has 0 radical (unpaired) electrons. The Labute approximate surface area is 128 Å². The fraction of sp³-hybridized carbons (Fsp3) is 0.100. The summed E-state index contributed by atoms with van der Waals surface area (Å²) in [6.07, 6.45) is 0. The van der Waals surface area contributed by atoms with E-state index in [0.29, 0.717) is 0 Å². The number of hydrogen-bond donors (Lipinski definition) is 0. The molecule has 4 rings (SSSR count). The van der Waals surface area contributed by atoms with E-state index in [1.54, 1.807) is 14.2 Å². The maximum Gasteiger partial charge on any atom is 0.119 e. The Hall–Kier alpha value is -2.74. The van der Waals surface area contributed by atoms with Crippen LogP contribution in [0.5, 0.6) is 11.5 Å². The Kier molecular flexibility index (Phi) is 2.90. The topological polar surface area (TPSA) is 18.5 Å². The largest absolute Gasteiger partial charge is 0.497 e.